The second-order valence-corrected chi connectivity index (χ2v) is 4.95. The third kappa shape index (κ3) is 4.23. The molecule has 0 saturated carbocycles. The molecule has 1 amide bonds. The highest BCUT2D eigenvalue weighted by Gasteiger charge is 2.04. The van der Waals surface area contributed by atoms with Crippen LogP contribution in [0.5, 0.6) is 0 Å². The molecule has 0 atom stereocenters. The highest BCUT2D eigenvalue weighted by molar-refractivity contribution is 9.10. The number of amides is 1. The van der Waals surface area contributed by atoms with Gasteiger partial charge in [0.2, 0.25) is 5.91 Å². The van der Waals surface area contributed by atoms with E-state index in [0.29, 0.717) is 6.54 Å². The maximum Gasteiger partial charge on any atom is 0.239 e. The summed E-state index contributed by atoms with van der Waals surface area (Å²) < 4.78 is 1.04. The SMILES string of the molecule is Cc1cc(Br)ccc1NCC(=O)NC(C)C. The van der Waals surface area contributed by atoms with Gasteiger partial charge >= 0.3 is 0 Å². The van der Waals surface area contributed by atoms with Gasteiger partial charge in [-0.05, 0) is 44.5 Å². The minimum Gasteiger partial charge on any atom is -0.376 e. The molecule has 0 aliphatic heterocycles. The number of carbonyl (C=O) groups excluding carboxylic acids is 1. The van der Waals surface area contributed by atoms with Crippen molar-refractivity contribution in [3.63, 3.8) is 0 Å². The van der Waals surface area contributed by atoms with Gasteiger partial charge in [-0.2, -0.15) is 0 Å². The zero-order valence-corrected chi connectivity index (χ0v) is 11.4. The van der Waals surface area contributed by atoms with Crippen LogP contribution in [0.4, 0.5) is 5.69 Å². The Hall–Kier alpha value is -1.03. The van der Waals surface area contributed by atoms with Gasteiger partial charge in [-0.1, -0.05) is 15.9 Å². The van der Waals surface area contributed by atoms with Crippen LogP contribution in [0, 0.1) is 6.92 Å². The molecule has 3 nitrogen and oxygen atoms in total. The second kappa shape index (κ2) is 5.89. The number of carbonyl (C=O) groups is 1. The summed E-state index contributed by atoms with van der Waals surface area (Å²) in [7, 11) is 0. The summed E-state index contributed by atoms with van der Waals surface area (Å²) >= 11 is 3.40. The Kier molecular flexibility index (Phi) is 4.80. The number of aryl methyl sites for hydroxylation is 1. The minimum absolute atomic E-state index is 0.0114. The van der Waals surface area contributed by atoms with Gasteiger partial charge in [0.1, 0.15) is 0 Å². The number of hydrogen-bond donors (Lipinski definition) is 2. The number of hydrogen-bond acceptors (Lipinski definition) is 2. The van der Waals surface area contributed by atoms with Crippen LogP contribution in [0.1, 0.15) is 19.4 Å². The predicted octanol–water partition coefficient (Wildman–Crippen LogP) is 2.69. The summed E-state index contributed by atoms with van der Waals surface area (Å²) in [6.45, 7) is 6.21. The molecule has 0 radical (unpaired) electrons. The predicted molar refractivity (Wildman–Crippen MR) is 70.6 cm³/mol. The summed E-state index contributed by atoms with van der Waals surface area (Å²) in [5.41, 5.74) is 2.11. The molecule has 0 aliphatic carbocycles. The molecule has 1 rings (SSSR count). The molecule has 1 aromatic rings. The summed E-state index contributed by atoms with van der Waals surface area (Å²) in [6, 6.07) is 6.11. The van der Waals surface area contributed by atoms with Crippen LogP contribution in [0.25, 0.3) is 0 Å². The van der Waals surface area contributed by atoms with Gasteiger partial charge in [0.25, 0.3) is 0 Å². The summed E-state index contributed by atoms with van der Waals surface area (Å²) in [5.74, 6) is 0.0114. The Labute approximate surface area is 105 Å². The van der Waals surface area contributed by atoms with E-state index in [0.717, 1.165) is 15.7 Å². The van der Waals surface area contributed by atoms with Crippen molar-refractivity contribution in [2.45, 2.75) is 26.8 Å². The zero-order chi connectivity index (χ0) is 12.1. The molecule has 0 spiro atoms. The van der Waals surface area contributed by atoms with Crippen molar-refractivity contribution in [3.8, 4) is 0 Å². The summed E-state index contributed by atoms with van der Waals surface area (Å²) in [4.78, 5) is 11.4. The molecule has 0 heterocycles. The number of nitrogens with one attached hydrogen (secondary N) is 2. The van der Waals surface area contributed by atoms with Crippen LogP contribution < -0.4 is 10.6 Å². The Morgan fingerprint density at radius 1 is 1.44 bits per heavy atom. The van der Waals surface area contributed by atoms with Gasteiger partial charge in [0, 0.05) is 16.2 Å². The van der Waals surface area contributed by atoms with Crippen molar-refractivity contribution < 1.29 is 4.79 Å². The van der Waals surface area contributed by atoms with Crippen LogP contribution in [-0.2, 0) is 4.79 Å². The smallest absolute Gasteiger partial charge is 0.239 e. The lowest BCUT2D eigenvalue weighted by molar-refractivity contribution is -0.119. The molecular weight excluding hydrogens is 268 g/mol. The third-order valence-corrected chi connectivity index (χ3v) is 2.57. The van der Waals surface area contributed by atoms with E-state index >= 15 is 0 Å². The minimum atomic E-state index is 0.0114. The van der Waals surface area contributed by atoms with E-state index in [9.17, 15) is 4.79 Å². The molecule has 0 saturated heterocycles. The van der Waals surface area contributed by atoms with Crippen molar-refractivity contribution in [1.29, 1.82) is 0 Å². The summed E-state index contributed by atoms with van der Waals surface area (Å²) in [6.07, 6.45) is 0. The lowest BCUT2D eigenvalue weighted by atomic mass is 10.2. The van der Waals surface area contributed by atoms with Crippen molar-refractivity contribution in [2.75, 3.05) is 11.9 Å². The molecule has 2 N–H and O–H groups in total. The molecule has 1 aromatic carbocycles. The number of anilines is 1. The first-order chi connectivity index (χ1) is 7.49. The molecule has 16 heavy (non-hydrogen) atoms. The first-order valence-electron chi connectivity index (χ1n) is 5.28. The molecule has 0 fully saturated rings. The van der Waals surface area contributed by atoms with Gasteiger partial charge in [0.05, 0.1) is 6.54 Å². The lowest BCUT2D eigenvalue weighted by Crippen LogP contribution is -2.34. The van der Waals surface area contributed by atoms with Crippen LogP contribution in [0.3, 0.4) is 0 Å². The standard InChI is InChI=1S/C12H17BrN2O/c1-8(2)15-12(16)7-14-11-5-4-10(13)6-9(11)3/h4-6,8,14H,7H2,1-3H3,(H,15,16). The monoisotopic (exact) mass is 284 g/mol. The van der Waals surface area contributed by atoms with Gasteiger partial charge in [-0.25, -0.2) is 0 Å². The van der Waals surface area contributed by atoms with E-state index < -0.39 is 0 Å². The van der Waals surface area contributed by atoms with Crippen LogP contribution in [0.15, 0.2) is 22.7 Å². The second-order valence-electron chi connectivity index (χ2n) is 4.04. The van der Waals surface area contributed by atoms with Crippen LogP contribution in [-0.4, -0.2) is 18.5 Å². The molecule has 4 heteroatoms. The molecule has 0 bridgehead atoms. The van der Waals surface area contributed by atoms with Crippen molar-refractivity contribution >= 4 is 27.5 Å². The fourth-order valence-corrected chi connectivity index (χ4v) is 1.85. The van der Waals surface area contributed by atoms with E-state index in [-0.39, 0.29) is 11.9 Å². The van der Waals surface area contributed by atoms with E-state index in [4.69, 9.17) is 0 Å². The molecule has 88 valence electrons. The molecule has 0 aliphatic rings. The van der Waals surface area contributed by atoms with Gasteiger partial charge in [-0.3, -0.25) is 4.79 Å². The van der Waals surface area contributed by atoms with Gasteiger partial charge in [0.15, 0.2) is 0 Å². The number of benzene rings is 1. The fourth-order valence-electron chi connectivity index (χ4n) is 1.37. The maximum absolute atomic E-state index is 11.4. The largest absolute Gasteiger partial charge is 0.376 e. The van der Waals surface area contributed by atoms with Crippen LogP contribution in [0.2, 0.25) is 0 Å². The highest BCUT2D eigenvalue weighted by atomic mass is 79.9. The average Bonchev–Trinajstić information content (AvgIpc) is 2.15. The van der Waals surface area contributed by atoms with E-state index in [1.807, 2.05) is 39.0 Å². The Balaban J connectivity index is 2.51. The van der Waals surface area contributed by atoms with Crippen molar-refractivity contribution in [3.05, 3.63) is 28.2 Å². The van der Waals surface area contributed by atoms with Crippen LogP contribution >= 0.6 is 15.9 Å². The Morgan fingerprint density at radius 3 is 2.69 bits per heavy atom. The molecular formula is C12H17BrN2O. The maximum atomic E-state index is 11.4. The van der Waals surface area contributed by atoms with E-state index in [1.54, 1.807) is 0 Å². The topological polar surface area (TPSA) is 41.1 Å². The van der Waals surface area contributed by atoms with Gasteiger partial charge in [-0.15, -0.1) is 0 Å². The van der Waals surface area contributed by atoms with E-state index in [1.165, 1.54) is 0 Å². The van der Waals surface area contributed by atoms with E-state index in [2.05, 4.69) is 26.6 Å². The van der Waals surface area contributed by atoms with Crippen molar-refractivity contribution in [1.82, 2.24) is 5.32 Å². The molecule has 0 unspecified atom stereocenters. The average molecular weight is 285 g/mol. The summed E-state index contributed by atoms with van der Waals surface area (Å²) in [5, 5.41) is 5.95. The normalized spacial score (nSPS) is 10.3. The fraction of sp³-hybridized carbons (Fsp3) is 0.417. The number of rotatable bonds is 4. The third-order valence-electron chi connectivity index (χ3n) is 2.08. The first-order valence-corrected chi connectivity index (χ1v) is 6.07. The van der Waals surface area contributed by atoms with Crippen molar-refractivity contribution in [2.24, 2.45) is 0 Å². The first kappa shape index (κ1) is 13.0. The quantitative estimate of drug-likeness (QED) is 0.893. The molecule has 0 aromatic heterocycles. The highest BCUT2D eigenvalue weighted by Crippen LogP contribution is 2.19. The number of halogens is 1. The lowest BCUT2D eigenvalue weighted by Gasteiger charge is -2.11. The Morgan fingerprint density at radius 2 is 2.12 bits per heavy atom. The zero-order valence-electron chi connectivity index (χ0n) is 9.80. The van der Waals surface area contributed by atoms with Gasteiger partial charge < -0.3 is 10.6 Å². The Bertz CT molecular complexity index is 377.